The van der Waals surface area contributed by atoms with Gasteiger partial charge in [0.15, 0.2) is 0 Å². The molecule has 0 spiro atoms. The molecule has 41 heavy (non-hydrogen) atoms. The normalized spacial score (nSPS) is 12.1. The summed E-state index contributed by atoms with van der Waals surface area (Å²) in [5, 5.41) is 3.69. The molecule has 0 radical (unpaired) electrons. The fourth-order valence-corrected chi connectivity index (χ4v) is 5.56. The topological polar surface area (TPSA) is 96.0 Å². The fourth-order valence-electron chi connectivity index (χ4n) is 4.24. The van der Waals surface area contributed by atoms with E-state index in [9.17, 15) is 18.0 Å². The Kier molecular flexibility index (Phi) is 11.5. The van der Waals surface area contributed by atoms with Gasteiger partial charge >= 0.3 is 0 Å². The first kappa shape index (κ1) is 32.2. The molecule has 8 nitrogen and oxygen atoms in total. The van der Waals surface area contributed by atoms with Crippen LogP contribution in [0.25, 0.3) is 0 Å². The van der Waals surface area contributed by atoms with E-state index in [0.29, 0.717) is 22.2 Å². The molecular formula is C30H35Cl2N3O5S. The molecule has 3 rings (SSSR count). The number of sulfonamides is 1. The van der Waals surface area contributed by atoms with Gasteiger partial charge in [-0.25, -0.2) is 8.42 Å². The van der Waals surface area contributed by atoms with Gasteiger partial charge in [0, 0.05) is 29.6 Å². The molecule has 0 aliphatic rings. The van der Waals surface area contributed by atoms with Gasteiger partial charge in [0.05, 0.1) is 19.1 Å². The zero-order valence-corrected chi connectivity index (χ0v) is 25.8. The minimum atomic E-state index is -3.93. The summed E-state index contributed by atoms with van der Waals surface area (Å²) in [5.74, 6) is -0.483. The van der Waals surface area contributed by atoms with E-state index in [2.05, 4.69) is 5.32 Å². The number of carbonyl (C=O) groups is 2. The van der Waals surface area contributed by atoms with Crippen molar-refractivity contribution < 1.29 is 22.7 Å². The van der Waals surface area contributed by atoms with Crippen LogP contribution in [0, 0.1) is 5.92 Å². The van der Waals surface area contributed by atoms with Crippen LogP contribution in [0.15, 0.2) is 72.8 Å². The van der Waals surface area contributed by atoms with Crippen molar-refractivity contribution in [3.05, 3.63) is 94.0 Å². The third kappa shape index (κ3) is 9.11. The number of para-hydroxylation sites is 2. The minimum absolute atomic E-state index is 0.0506. The maximum Gasteiger partial charge on any atom is 0.244 e. The highest BCUT2D eigenvalue weighted by molar-refractivity contribution is 7.92. The van der Waals surface area contributed by atoms with Crippen molar-refractivity contribution >= 4 is 50.7 Å². The Morgan fingerprint density at radius 2 is 1.63 bits per heavy atom. The van der Waals surface area contributed by atoms with Gasteiger partial charge in [0.1, 0.15) is 18.3 Å². The van der Waals surface area contributed by atoms with Crippen LogP contribution in [-0.4, -0.2) is 57.6 Å². The molecule has 1 N–H and O–H groups in total. The number of carbonyl (C=O) groups excluding carboxylic acids is 2. The summed E-state index contributed by atoms with van der Waals surface area (Å²) < 4.78 is 32.3. The van der Waals surface area contributed by atoms with Crippen molar-refractivity contribution in [2.45, 2.75) is 32.9 Å². The highest BCUT2D eigenvalue weighted by Crippen LogP contribution is 2.30. The molecule has 0 aliphatic carbocycles. The van der Waals surface area contributed by atoms with Gasteiger partial charge in [-0.15, -0.1) is 0 Å². The summed E-state index contributed by atoms with van der Waals surface area (Å²) in [5.41, 5.74) is 1.60. The van der Waals surface area contributed by atoms with E-state index in [1.165, 1.54) is 12.0 Å². The molecule has 3 aromatic rings. The number of nitrogens with zero attached hydrogens (tertiary/aromatic N) is 2. The number of anilines is 1. The molecule has 2 amide bonds. The van der Waals surface area contributed by atoms with Crippen molar-refractivity contribution in [2.75, 3.05) is 30.8 Å². The van der Waals surface area contributed by atoms with Gasteiger partial charge in [0.25, 0.3) is 0 Å². The zero-order valence-electron chi connectivity index (χ0n) is 23.5. The van der Waals surface area contributed by atoms with E-state index in [4.69, 9.17) is 27.9 Å². The predicted octanol–water partition coefficient (Wildman–Crippen LogP) is 5.18. The van der Waals surface area contributed by atoms with Crippen LogP contribution in [0.5, 0.6) is 5.75 Å². The molecule has 3 aromatic carbocycles. The van der Waals surface area contributed by atoms with Crippen LogP contribution in [-0.2, 0) is 32.6 Å². The first-order valence-corrected chi connectivity index (χ1v) is 15.7. The maximum absolute atomic E-state index is 14.2. The summed E-state index contributed by atoms with van der Waals surface area (Å²) in [6.45, 7) is 3.74. The fraction of sp³-hybridized carbons (Fsp3) is 0.333. The summed E-state index contributed by atoms with van der Waals surface area (Å²) >= 11 is 12.6. The number of ether oxygens (including phenoxy) is 1. The van der Waals surface area contributed by atoms with Gasteiger partial charge in [-0.1, -0.05) is 85.6 Å². The second kappa shape index (κ2) is 14.6. The molecule has 11 heteroatoms. The van der Waals surface area contributed by atoms with Crippen LogP contribution < -0.4 is 14.4 Å². The Balaban J connectivity index is 2.10. The van der Waals surface area contributed by atoms with Gasteiger partial charge in [0.2, 0.25) is 21.8 Å². The first-order valence-electron chi connectivity index (χ1n) is 13.1. The Morgan fingerprint density at radius 3 is 2.24 bits per heavy atom. The summed E-state index contributed by atoms with van der Waals surface area (Å²) in [6.07, 6.45) is 1.22. The third-order valence-corrected chi connectivity index (χ3v) is 8.06. The highest BCUT2D eigenvalue weighted by atomic mass is 35.5. The Morgan fingerprint density at radius 1 is 0.976 bits per heavy atom. The lowest BCUT2D eigenvalue weighted by molar-refractivity contribution is -0.140. The lowest BCUT2D eigenvalue weighted by Gasteiger charge is -2.34. The molecule has 0 fully saturated rings. The number of rotatable bonds is 13. The zero-order chi connectivity index (χ0) is 30.2. The first-order chi connectivity index (χ1) is 19.4. The van der Waals surface area contributed by atoms with Crippen LogP contribution in [0.1, 0.15) is 25.0 Å². The van der Waals surface area contributed by atoms with E-state index in [-0.39, 0.29) is 36.2 Å². The van der Waals surface area contributed by atoms with Crippen molar-refractivity contribution in [2.24, 2.45) is 5.92 Å². The molecule has 0 bridgehead atoms. The number of hydrogen-bond acceptors (Lipinski definition) is 5. The second-order valence-corrected chi connectivity index (χ2v) is 12.8. The number of halogens is 2. The summed E-state index contributed by atoms with van der Waals surface area (Å²) in [4.78, 5) is 29.2. The van der Waals surface area contributed by atoms with Crippen LogP contribution >= 0.6 is 23.2 Å². The van der Waals surface area contributed by atoms with Crippen molar-refractivity contribution in [1.82, 2.24) is 10.2 Å². The van der Waals surface area contributed by atoms with E-state index in [1.54, 1.807) is 42.5 Å². The monoisotopic (exact) mass is 619 g/mol. The maximum atomic E-state index is 14.2. The molecule has 0 aliphatic heterocycles. The van der Waals surface area contributed by atoms with Gasteiger partial charge < -0.3 is 15.0 Å². The lowest BCUT2D eigenvalue weighted by Crippen LogP contribution is -2.53. The molecule has 220 valence electrons. The molecule has 0 saturated heterocycles. The van der Waals surface area contributed by atoms with Crippen molar-refractivity contribution in [3.63, 3.8) is 0 Å². The van der Waals surface area contributed by atoms with Crippen LogP contribution in [0.3, 0.4) is 0 Å². The predicted molar refractivity (Wildman–Crippen MR) is 164 cm³/mol. The van der Waals surface area contributed by atoms with Crippen LogP contribution in [0.2, 0.25) is 10.0 Å². The smallest absolute Gasteiger partial charge is 0.244 e. The SMILES string of the molecule is COc1ccccc1N(CC(=O)N(Cc1ccc(Cl)cc1Cl)C(Cc1ccccc1)C(=O)NCC(C)C)S(C)(=O)=O. The van der Waals surface area contributed by atoms with E-state index < -0.39 is 28.5 Å². The van der Waals surface area contributed by atoms with E-state index in [1.807, 2.05) is 44.2 Å². The Labute approximate surface area is 252 Å². The number of benzene rings is 3. The molecular weight excluding hydrogens is 585 g/mol. The average Bonchev–Trinajstić information content (AvgIpc) is 2.93. The van der Waals surface area contributed by atoms with Crippen molar-refractivity contribution in [3.8, 4) is 5.75 Å². The number of amides is 2. The highest BCUT2D eigenvalue weighted by Gasteiger charge is 2.34. The summed E-state index contributed by atoms with van der Waals surface area (Å²) in [6, 6.07) is 19.8. The summed E-state index contributed by atoms with van der Waals surface area (Å²) in [7, 11) is -2.51. The lowest BCUT2D eigenvalue weighted by atomic mass is 10.0. The largest absolute Gasteiger partial charge is 0.495 e. The third-order valence-electron chi connectivity index (χ3n) is 6.34. The number of hydrogen-bond donors (Lipinski definition) is 1. The molecule has 0 saturated carbocycles. The molecule has 1 atom stereocenters. The molecule has 0 aromatic heterocycles. The number of methoxy groups -OCH3 is 1. The second-order valence-electron chi connectivity index (χ2n) is 10.0. The van der Waals surface area contributed by atoms with E-state index >= 15 is 0 Å². The quantitative estimate of drug-likeness (QED) is 0.284. The average molecular weight is 621 g/mol. The molecule has 0 heterocycles. The Bertz CT molecular complexity index is 1450. The van der Waals surface area contributed by atoms with Crippen LogP contribution in [0.4, 0.5) is 5.69 Å². The number of nitrogens with one attached hydrogen (secondary N) is 1. The van der Waals surface area contributed by atoms with Crippen molar-refractivity contribution in [1.29, 1.82) is 0 Å². The Hall–Kier alpha value is -3.27. The van der Waals surface area contributed by atoms with Gasteiger partial charge in [-0.3, -0.25) is 13.9 Å². The molecule has 1 unspecified atom stereocenters. The van der Waals surface area contributed by atoms with Gasteiger partial charge in [-0.05, 0) is 41.3 Å². The minimum Gasteiger partial charge on any atom is -0.495 e. The van der Waals surface area contributed by atoms with E-state index in [0.717, 1.165) is 16.1 Å². The standard InChI is InChI=1S/C30H35Cl2N3O5S/c1-21(2)18-33-30(37)27(16-22-10-6-5-7-11-22)34(19-23-14-15-24(31)17-25(23)32)29(36)20-35(41(4,38)39)26-12-8-9-13-28(26)40-3/h5-15,17,21,27H,16,18-20H2,1-4H3,(H,33,37). The van der Waals surface area contributed by atoms with Gasteiger partial charge in [-0.2, -0.15) is 0 Å².